The number of allylic oxidation sites excluding steroid dienone is 18. The molecular formula is C59H96O6. The molecule has 0 spiro atoms. The third-order valence-corrected chi connectivity index (χ3v) is 10.7. The van der Waals surface area contributed by atoms with E-state index in [4.69, 9.17) is 14.2 Å². The van der Waals surface area contributed by atoms with Crippen molar-refractivity contribution in [2.45, 2.75) is 232 Å². The zero-order chi connectivity index (χ0) is 47.2. The zero-order valence-electron chi connectivity index (χ0n) is 42.0. The Balaban J connectivity index is 4.50. The van der Waals surface area contributed by atoms with Crippen LogP contribution in [0.25, 0.3) is 0 Å². The Morgan fingerprint density at radius 1 is 0.323 bits per heavy atom. The Kier molecular flexibility index (Phi) is 49.5. The second kappa shape index (κ2) is 52.7. The number of hydrogen-bond donors (Lipinski definition) is 0. The van der Waals surface area contributed by atoms with Crippen LogP contribution in [0.3, 0.4) is 0 Å². The number of hydrogen-bond acceptors (Lipinski definition) is 6. The third-order valence-electron chi connectivity index (χ3n) is 10.7. The predicted molar refractivity (Wildman–Crippen MR) is 279 cm³/mol. The minimum Gasteiger partial charge on any atom is -0.462 e. The molecule has 0 radical (unpaired) electrons. The largest absolute Gasteiger partial charge is 0.462 e. The Morgan fingerprint density at radius 2 is 0.615 bits per heavy atom. The summed E-state index contributed by atoms with van der Waals surface area (Å²) in [4.78, 5) is 38.0. The molecule has 0 amide bonds. The first-order valence-electron chi connectivity index (χ1n) is 26.4. The van der Waals surface area contributed by atoms with Gasteiger partial charge >= 0.3 is 17.9 Å². The average molecular weight is 901 g/mol. The number of ether oxygens (including phenoxy) is 3. The van der Waals surface area contributed by atoms with Crippen LogP contribution < -0.4 is 0 Å². The molecular weight excluding hydrogens is 805 g/mol. The highest BCUT2D eigenvalue weighted by atomic mass is 16.6. The molecule has 0 bridgehead atoms. The fourth-order valence-corrected chi connectivity index (χ4v) is 6.75. The minimum absolute atomic E-state index is 0.105. The van der Waals surface area contributed by atoms with Crippen molar-refractivity contribution in [2.24, 2.45) is 0 Å². The highest BCUT2D eigenvalue weighted by Gasteiger charge is 2.19. The van der Waals surface area contributed by atoms with E-state index in [1.165, 1.54) is 51.4 Å². The monoisotopic (exact) mass is 901 g/mol. The van der Waals surface area contributed by atoms with Gasteiger partial charge in [0.1, 0.15) is 13.2 Å². The van der Waals surface area contributed by atoms with Crippen LogP contribution in [0.1, 0.15) is 226 Å². The van der Waals surface area contributed by atoms with Gasteiger partial charge in [0.15, 0.2) is 6.10 Å². The van der Waals surface area contributed by atoms with Crippen LogP contribution in [0.4, 0.5) is 0 Å². The van der Waals surface area contributed by atoms with Crippen molar-refractivity contribution in [2.75, 3.05) is 13.2 Å². The van der Waals surface area contributed by atoms with Crippen molar-refractivity contribution in [3.8, 4) is 0 Å². The summed E-state index contributed by atoms with van der Waals surface area (Å²) >= 11 is 0. The smallest absolute Gasteiger partial charge is 0.306 e. The molecule has 6 nitrogen and oxygen atoms in total. The summed E-state index contributed by atoms with van der Waals surface area (Å²) in [6, 6.07) is 0. The number of esters is 3. The van der Waals surface area contributed by atoms with E-state index in [1.54, 1.807) is 0 Å². The maximum Gasteiger partial charge on any atom is 0.306 e. The van der Waals surface area contributed by atoms with Crippen LogP contribution in [-0.4, -0.2) is 37.2 Å². The van der Waals surface area contributed by atoms with Crippen molar-refractivity contribution in [1.82, 2.24) is 0 Å². The molecule has 0 rings (SSSR count). The molecule has 0 unspecified atom stereocenters. The normalized spacial score (nSPS) is 13.0. The van der Waals surface area contributed by atoms with Gasteiger partial charge in [-0.2, -0.15) is 0 Å². The first-order valence-corrected chi connectivity index (χ1v) is 26.4. The summed E-state index contributed by atoms with van der Waals surface area (Å²) in [7, 11) is 0. The maximum absolute atomic E-state index is 12.8. The number of carbonyl (C=O) groups excluding carboxylic acids is 3. The lowest BCUT2D eigenvalue weighted by molar-refractivity contribution is -0.167. The average Bonchev–Trinajstić information content (AvgIpc) is 3.30. The van der Waals surface area contributed by atoms with Crippen molar-refractivity contribution in [1.29, 1.82) is 0 Å². The Labute approximate surface area is 400 Å². The van der Waals surface area contributed by atoms with E-state index in [-0.39, 0.29) is 37.5 Å². The van der Waals surface area contributed by atoms with Gasteiger partial charge in [-0.05, 0) is 122 Å². The summed E-state index contributed by atoms with van der Waals surface area (Å²) in [6.45, 7) is 6.39. The molecule has 1 atom stereocenters. The summed E-state index contributed by atoms with van der Waals surface area (Å²) in [5.74, 6) is -0.975. The molecule has 0 aromatic rings. The molecule has 0 aliphatic carbocycles. The summed E-state index contributed by atoms with van der Waals surface area (Å²) in [5.41, 5.74) is 0. The van der Waals surface area contributed by atoms with Gasteiger partial charge in [0, 0.05) is 19.3 Å². The van der Waals surface area contributed by atoms with Crippen LogP contribution in [0, 0.1) is 0 Å². The lowest BCUT2D eigenvalue weighted by atomic mass is 10.1. The van der Waals surface area contributed by atoms with Crippen LogP contribution in [0.2, 0.25) is 0 Å². The molecule has 0 N–H and O–H groups in total. The molecule has 0 saturated carbocycles. The molecule has 0 aromatic carbocycles. The quantitative estimate of drug-likeness (QED) is 0.0262. The third kappa shape index (κ3) is 50.9. The van der Waals surface area contributed by atoms with Crippen LogP contribution in [0.15, 0.2) is 109 Å². The van der Waals surface area contributed by atoms with Gasteiger partial charge in [-0.3, -0.25) is 14.4 Å². The molecule has 0 aliphatic rings. The van der Waals surface area contributed by atoms with Gasteiger partial charge in [-0.25, -0.2) is 0 Å². The predicted octanol–water partition coefficient (Wildman–Crippen LogP) is 17.5. The maximum atomic E-state index is 12.8. The van der Waals surface area contributed by atoms with E-state index in [9.17, 15) is 14.4 Å². The SMILES string of the molecule is CC/C=C\C/C=C\C/C=C\C/C=C\C/C=C\CCCCCC(=O)O[C@H](COC(=O)CCCCCC/C=C\C/C=C\C/C=C\CCCCC)COC(=O)CCCCCCC/C=C\CCCC. The molecule has 65 heavy (non-hydrogen) atoms. The van der Waals surface area contributed by atoms with Crippen molar-refractivity contribution >= 4 is 17.9 Å². The summed E-state index contributed by atoms with van der Waals surface area (Å²) in [5, 5.41) is 0. The Bertz CT molecular complexity index is 1360. The highest BCUT2D eigenvalue weighted by Crippen LogP contribution is 2.12. The first-order chi connectivity index (χ1) is 32.0. The van der Waals surface area contributed by atoms with Crippen molar-refractivity contribution in [3.05, 3.63) is 109 Å². The van der Waals surface area contributed by atoms with Crippen LogP contribution >= 0.6 is 0 Å². The van der Waals surface area contributed by atoms with Gasteiger partial charge in [-0.1, -0.05) is 194 Å². The van der Waals surface area contributed by atoms with Crippen molar-refractivity contribution in [3.63, 3.8) is 0 Å². The van der Waals surface area contributed by atoms with E-state index in [0.29, 0.717) is 12.8 Å². The first kappa shape index (κ1) is 61.1. The zero-order valence-corrected chi connectivity index (χ0v) is 42.0. The molecule has 0 aliphatic heterocycles. The van der Waals surface area contributed by atoms with E-state index < -0.39 is 6.10 Å². The standard InChI is InChI=1S/C59H96O6/c1-4-7-10-13-16-19-22-24-26-28-29-31-33-35-38-41-44-47-50-53-59(62)65-56(54-63-57(60)51-48-45-42-39-36-21-18-15-12-9-6-3)55-64-58(61)52-49-46-43-40-37-34-32-30-27-25-23-20-17-14-11-8-5-2/h7,10,15-20,24-27,29,31-32,34-35,38,56H,4-6,8-9,11-14,21-23,28,30,33,36-37,39-55H2,1-3H3/b10-7-,18-15-,19-16-,20-17-,26-24-,27-25-,31-29-,34-32-,38-35-/t56-/m0/s1. The number of unbranched alkanes of at least 4 members (excludes halogenated alkanes) is 17. The van der Waals surface area contributed by atoms with Gasteiger partial charge in [0.25, 0.3) is 0 Å². The molecule has 0 heterocycles. The molecule has 0 saturated heterocycles. The van der Waals surface area contributed by atoms with Gasteiger partial charge in [-0.15, -0.1) is 0 Å². The van der Waals surface area contributed by atoms with Gasteiger partial charge in [0.05, 0.1) is 0 Å². The van der Waals surface area contributed by atoms with Crippen LogP contribution in [0.5, 0.6) is 0 Å². The lowest BCUT2D eigenvalue weighted by Crippen LogP contribution is -2.30. The molecule has 6 heteroatoms. The van der Waals surface area contributed by atoms with E-state index in [1.807, 2.05) is 0 Å². The molecule has 0 aromatic heterocycles. The van der Waals surface area contributed by atoms with Crippen molar-refractivity contribution < 1.29 is 28.6 Å². The second-order valence-electron chi connectivity index (χ2n) is 17.0. The van der Waals surface area contributed by atoms with Gasteiger partial charge in [0.2, 0.25) is 0 Å². The topological polar surface area (TPSA) is 78.9 Å². The molecule has 0 fully saturated rings. The van der Waals surface area contributed by atoms with E-state index in [2.05, 4.69) is 130 Å². The lowest BCUT2D eigenvalue weighted by Gasteiger charge is -2.18. The summed E-state index contributed by atoms with van der Waals surface area (Å²) < 4.78 is 16.7. The van der Waals surface area contributed by atoms with Gasteiger partial charge < -0.3 is 14.2 Å². The summed E-state index contributed by atoms with van der Waals surface area (Å²) in [6.07, 6.45) is 70.7. The Hall–Kier alpha value is -3.93. The van der Waals surface area contributed by atoms with E-state index >= 15 is 0 Å². The fourth-order valence-electron chi connectivity index (χ4n) is 6.75. The molecule has 368 valence electrons. The van der Waals surface area contributed by atoms with Crippen LogP contribution in [-0.2, 0) is 28.6 Å². The number of rotatable bonds is 46. The fraction of sp³-hybridized carbons (Fsp3) is 0.644. The number of carbonyl (C=O) groups is 3. The van der Waals surface area contributed by atoms with E-state index in [0.717, 1.165) is 135 Å². The highest BCUT2D eigenvalue weighted by molar-refractivity contribution is 5.71. The second-order valence-corrected chi connectivity index (χ2v) is 17.0. The Morgan fingerprint density at radius 3 is 1.02 bits per heavy atom. The minimum atomic E-state index is -0.810.